The lowest BCUT2D eigenvalue weighted by Gasteiger charge is -2.35. The minimum Gasteiger partial charge on any atom is -0.388 e. The van der Waals surface area contributed by atoms with Crippen molar-refractivity contribution >= 4 is 29.2 Å². The van der Waals surface area contributed by atoms with E-state index in [9.17, 15) is 5.11 Å². The summed E-state index contributed by atoms with van der Waals surface area (Å²) in [5, 5.41) is 17.8. The molecular weight excluding hydrogens is 321 g/mol. The summed E-state index contributed by atoms with van der Waals surface area (Å²) in [6, 6.07) is 5.61. The third-order valence-electron chi connectivity index (χ3n) is 3.96. The summed E-state index contributed by atoms with van der Waals surface area (Å²) in [5.41, 5.74) is 0.414. The van der Waals surface area contributed by atoms with Gasteiger partial charge in [-0.1, -0.05) is 29.3 Å². The highest BCUT2D eigenvalue weighted by Crippen LogP contribution is 2.31. The molecule has 1 atom stereocenters. The van der Waals surface area contributed by atoms with Crippen molar-refractivity contribution in [2.24, 2.45) is 4.99 Å². The van der Waals surface area contributed by atoms with Gasteiger partial charge in [-0.3, -0.25) is 4.99 Å². The van der Waals surface area contributed by atoms with E-state index in [2.05, 4.69) is 15.6 Å². The third-order valence-corrected chi connectivity index (χ3v) is 4.70. The Hall–Kier alpha value is -0.970. The molecule has 1 saturated carbocycles. The lowest BCUT2D eigenvalue weighted by Crippen LogP contribution is -2.43. The number of rotatable bonds is 5. The average molecular weight is 344 g/mol. The largest absolute Gasteiger partial charge is 0.388 e. The zero-order chi connectivity index (χ0) is 16.2. The number of aliphatic imine (C=N–C) groups is 1. The van der Waals surface area contributed by atoms with Gasteiger partial charge in [0.25, 0.3) is 0 Å². The number of guanidine groups is 1. The smallest absolute Gasteiger partial charge is 0.191 e. The number of hydrogen-bond acceptors (Lipinski definition) is 2. The van der Waals surface area contributed by atoms with Crippen LogP contribution in [0, 0.1) is 0 Å². The highest BCUT2D eigenvalue weighted by Gasteiger charge is 2.34. The van der Waals surface area contributed by atoms with Crippen LogP contribution in [0.2, 0.25) is 10.0 Å². The molecule has 0 heterocycles. The van der Waals surface area contributed by atoms with Gasteiger partial charge in [0.1, 0.15) is 0 Å². The van der Waals surface area contributed by atoms with Gasteiger partial charge < -0.3 is 15.7 Å². The predicted octanol–water partition coefficient (Wildman–Crippen LogP) is 3.52. The van der Waals surface area contributed by atoms with Crippen molar-refractivity contribution in [3.05, 3.63) is 33.8 Å². The molecule has 1 aromatic carbocycles. The van der Waals surface area contributed by atoms with Gasteiger partial charge in [0.15, 0.2) is 5.96 Å². The van der Waals surface area contributed by atoms with Crippen LogP contribution in [0.15, 0.2) is 23.2 Å². The van der Waals surface area contributed by atoms with E-state index in [0.29, 0.717) is 22.5 Å². The Labute approximate surface area is 141 Å². The van der Waals surface area contributed by atoms with Crippen LogP contribution in [-0.2, 0) is 0 Å². The zero-order valence-corrected chi connectivity index (χ0v) is 14.5. The maximum absolute atomic E-state index is 10.2. The number of aliphatic hydroxyl groups is 1. The second-order valence-electron chi connectivity index (χ2n) is 5.81. The Morgan fingerprint density at radius 2 is 2.09 bits per heavy atom. The standard InChI is InChI=1S/C16H23Cl2N3O/c1-3-19-15(20-10-16(22)7-4-8-16)21-11(2)12-5-6-13(17)14(18)9-12/h5-6,9,11,22H,3-4,7-8,10H2,1-2H3,(H2,19,20,21). The first-order valence-corrected chi connectivity index (χ1v) is 8.41. The SMILES string of the molecule is CCNC(=NCC1(O)CCC1)NC(C)c1ccc(Cl)c(Cl)c1. The van der Waals surface area contributed by atoms with Crippen LogP contribution in [0.1, 0.15) is 44.7 Å². The molecule has 122 valence electrons. The molecule has 4 nitrogen and oxygen atoms in total. The highest BCUT2D eigenvalue weighted by molar-refractivity contribution is 6.42. The summed E-state index contributed by atoms with van der Waals surface area (Å²) in [6.45, 7) is 5.23. The van der Waals surface area contributed by atoms with E-state index in [1.807, 2.05) is 26.0 Å². The fraction of sp³-hybridized carbons (Fsp3) is 0.562. The second-order valence-corrected chi connectivity index (χ2v) is 6.63. The minimum atomic E-state index is -0.616. The van der Waals surface area contributed by atoms with Crippen LogP contribution >= 0.6 is 23.2 Å². The van der Waals surface area contributed by atoms with Crippen LogP contribution in [0.4, 0.5) is 0 Å². The Morgan fingerprint density at radius 1 is 1.36 bits per heavy atom. The van der Waals surface area contributed by atoms with E-state index in [4.69, 9.17) is 23.2 Å². The first-order valence-electron chi connectivity index (χ1n) is 7.66. The van der Waals surface area contributed by atoms with E-state index < -0.39 is 5.60 Å². The minimum absolute atomic E-state index is 0.0311. The molecule has 0 saturated heterocycles. The average Bonchev–Trinajstić information content (AvgIpc) is 2.45. The molecular formula is C16H23Cl2N3O. The maximum atomic E-state index is 10.2. The van der Waals surface area contributed by atoms with E-state index in [1.165, 1.54) is 0 Å². The molecule has 3 N–H and O–H groups in total. The molecule has 0 aromatic heterocycles. The molecule has 0 amide bonds. The topological polar surface area (TPSA) is 56.7 Å². The Balaban J connectivity index is 2.02. The van der Waals surface area contributed by atoms with Crippen molar-refractivity contribution in [3.63, 3.8) is 0 Å². The zero-order valence-electron chi connectivity index (χ0n) is 13.0. The summed E-state index contributed by atoms with van der Waals surface area (Å²) in [4.78, 5) is 4.50. The molecule has 0 bridgehead atoms. The van der Waals surface area contributed by atoms with E-state index in [0.717, 1.165) is 31.4 Å². The quantitative estimate of drug-likeness (QED) is 0.566. The molecule has 0 aliphatic heterocycles. The fourth-order valence-electron chi connectivity index (χ4n) is 2.36. The number of hydrogen-bond donors (Lipinski definition) is 3. The van der Waals surface area contributed by atoms with Gasteiger partial charge in [-0.15, -0.1) is 0 Å². The first kappa shape index (κ1) is 17.4. The van der Waals surface area contributed by atoms with Crippen molar-refractivity contribution in [3.8, 4) is 0 Å². The van der Waals surface area contributed by atoms with Crippen molar-refractivity contribution in [2.45, 2.75) is 44.8 Å². The monoisotopic (exact) mass is 343 g/mol. The molecule has 1 fully saturated rings. The Bertz CT molecular complexity index is 544. The van der Waals surface area contributed by atoms with Crippen LogP contribution in [0.5, 0.6) is 0 Å². The van der Waals surface area contributed by atoms with Gasteiger partial charge in [-0.2, -0.15) is 0 Å². The molecule has 1 aliphatic rings. The van der Waals surface area contributed by atoms with Gasteiger partial charge in [-0.25, -0.2) is 0 Å². The highest BCUT2D eigenvalue weighted by atomic mass is 35.5. The Morgan fingerprint density at radius 3 is 2.64 bits per heavy atom. The first-order chi connectivity index (χ1) is 10.4. The molecule has 1 unspecified atom stereocenters. The second kappa shape index (κ2) is 7.53. The molecule has 2 rings (SSSR count). The van der Waals surface area contributed by atoms with E-state index in [1.54, 1.807) is 6.07 Å². The Kier molecular flexibility index (Phi) is 5.95. The van der Waals surface area contributed by atoms with Crippen LogP contribution in [0.25, 0.3) is 0 Å². The molecule has 1 aliphatic carbocycles. The molecule has 0 radical (unpaired) electrons. The van der Waals surface area contributed by atoms with Gasteiger partial charge in [0, 0.05) is 6.54 Å². The summed E-state index contributed by atoms with van der Waals surface area (Å²) in [7, 11) is 0. The van der Waals surface area contributed by atoms with Gasteiger partial charge in [0.2, 0.25) is 0 Å². The third kappa shape index (κ3) is 4.51. The number of nitrogens with zero attached hydrogens (tertiary/aromatic N) is 1. The summed E-state index contributed by atoms with van der Waals surface area (Å²) in [5.74, 6) is 0.696. The van der Waals surface area contributed by atoms with Crippen LogP contribution < -0.4 is 10.6 Å². The summed E-state index contributed by atoms with van der Waals surface area (Å²) >= 11 is 12.0. The van der Waals surface area contributed by atoms with Crippen LogP contribution in [-0.4, -0.2) is 29.8 Å². The lowest BCUT2D eigenvalue weighted by atomic mass is 9.80. The molecule has 6 heteroatoms. The number of benzene rings is 1. The number of nitrogens with one attached hydrogen (secondary N) is 2. The normalized spacial score (nSPS) is 18.5. The fourth-order valence-corrected chi connectivity index (χ4v) is 2.67. The summed E-state index contributed by atoms with van der Waals surface area (Å²) < 4.78 is 0. The van der Waals surface area contributed by atoms with Gasteiger partial charge in [0.05, 0.1) is 28.2 Å². The van der Waals surface area contributed by atoms with Crippen molar-refractivity contribution in [1.82, 2.24) is 10.6 Å². The van der Waals surface area contributed by atoms with Crippen molar-refractivity contribution in [1.29, 1.82) is 0 Å². The van der Waals surface area contributed by atoms with Crippen molar-refractivity contribution < 1.29 is 5.11 Å². The number of halogens is 2. The van der Waals surface area contributed by atoms with E-state index >= 15 is 0 Å². The van der Waals surface area contributed by atoms with Gasteiger partial charge >= 0.3 is 0 Å². The van der Waals surface area contributed by atoms with Crippen LogP contribution in [0.3, 0.4) is 0 Å². The molecule has 1 aromatic rings. The summed E-state index contributed by atoms with van der Waals surface area (Å²) in [6.07, 6.45) is 2.74. The molecule has 0 spiro atoms. The maximum Gasteiger partial charge on any atom is 0.191 e. The lowest BCUT2D eigenvalue weighted by molar-refractivity contribution is -0.0236. The van der Waals surface area contributed by atoms with E-state index in [-0.39, 0.29) is 6.04 Å². The predicted molar refractivity (Wildman–Crippen MR) is 92.8 cm³/mol. The van der Waals surface area contributed by atoms with Gasteiger partial charge in [-0.05, 0) is 50.8 Å². The van der Waals surface area contributed by atoms with Crippen molar-refractivity contribution in [2.75, 3.05) is 13.1 Å². The molecule has 22 heavy (non-hydrogen) atoms.